The van der Waals surface area contributed by atoms with Gasteiger partial charge < -0.3 is 10.8 Å². The monoisotopic (exact) mass is 250 g/mol. The summed E-state index contributed by atoms with van der Waals surface area (Å²) in [7, 11) is 0. The van der Waals surface area contributed by atoms with Crippen LogP contribution >= 0.6 is 0 Å². The highest BCUT2D eigenvalue weighted by Crippen LogP contribution is 2.24. The molecule has 18 heavy (non-hydrogen) atoms. The molecule has 1 unspecified atom stereocenters. The van der Waals surface area contributed by atoms with E-state index in [0.29, 0.717) is 23.6 Å². The van der Waals surface area contributed by atoms with Crippen molar-refractivity contribution < 1.29 is 9.50 Å². The van der Waals surface area contributed by atoms with Crippen LogP contribution in [0.5, 0.6) is 0 Å². The van der Waals surface area contributed by atoms with Gasteiger partial charge in [-0.25, -0.2) is 9.37 Å². The summed E-state index contributed by atoms with van der Waals surface area (Å²) in [6.07, 6.45) is 0.789. The summed E-state index contributed by atoms with van der Waals surface area (Å²) in [5.41, 5.74) is 6.46. The Morgan fingerprint density at radius 2 is 2.28 bits per heavy atom. The standard InChI is InChI=1S/C12H15FN4O/c1-2-17-12(15-7-16-17)6-11(18)9-5-8(13)3-4-10(9)14/h3-5,7,11,18H,2,6,14H2,1H3. The summed E-state index contributed by atoms with van der Waals surface area (Å²) >= 11 is 0. The van der Waals surface area contributed by atoms with Gasteiger partial charge in [0.25, 0.3) is 0 Å². The van der Waals surface area contributed by atoms with E-state index in [1.165, 1.54) is 24.5 Å². The summed E-state index contributed by atoms with van der Waals surface area (Å²) in [6.45, 7) is 2.60. The Balaban J connectivity index is 2.21. The van der Waals surface area contributed by atoms with E-state index >= 15 is 0 Å². The summed E-state index contributed by atoms with van der Waals surface area (Å²) in [5.74, 6) is 0.226. The zero-order valence-corrected chi connectivity index (χ0v) is 10.0. The van der Waals surface area contributed by atoms with Crippen LogP contribution in [0.1, 0.15) is 24.4 Å². The maximum Gasteiger partial charge on any atom is 0.138 e. The predicted molar refractivity (Wildman–Crippen MR) is 65.2 cm³/mol. The van der Waals surface area contributed by atoms with Gasteiger partial charge >= 0.3 is 0 Å². The minimum absolute atomic E-state index is 0.251. The first-order valence-corrected chi connectivity index (χ1v) is 5.71. The maximum atomic E-state index is 13.1. The van der Waals surface area contributed by atoms with Crippen molar-refractivity contribution >= 4 is 5.69 Å². The lowest BCUT2D eigenvalue weighted by atomic mass is 10.0. The number of nitrogen functional groups attached to an aromatic ring is 1. The average molecular weight is 250 g/mol. The van der Waals surface area contributed by atoms with E-state index < -0.39 is 11.9 Å². The molecular formula is C12H15FN4O. The van der Waals surface area contributed by atoms with E-state index in [0.717, 1.165) is 0 Å². The molecule has 5 nitrogen and oxygen atoms in total. The number of aliphatic hydroxyl groups excluding tert-OH is 1. The predicted octanol–water partition coefficient (Wildman–Crippen LogP) is 1.30. The quantitative estimate of drug-likeness (QED) is 0.802. The normalized spacial score (nSPS) is 12.6. The van der Waals surface area contributed by atoms with Crippen LogP contribution in [0.15, 0.2) is 24.5 Å². The number of aliphatic hydroxyl groups is 1. The Morgan fingerprint density at radius 3 is 3.00 bits per heavy atom. The maximum absolute atomic E-state index is 13.1. The molecule has 0 spiro atoms. The van der Waals surface area contributed by atoms with Crippen molar-refractivity contribution in [3.05, 3.63) is 41.7 Å². The average Bonchev–Trinajstić information content (AvgIpc) is 2.79. The molecule has 1 aromatic heterocycles. The zero-order chi connectivity index (χ0) is 13.1. The van der Waals surface area contributed by atoms with Crippen molar-refractivity contribution in [3.8, 4) is 0 Å². The number of rotatable bonds is 4. The molecule has 1 heterocycles. The number of hydrogen-bond donors (Lipinski definition) is 2. The van der Waals surface area contributed by atoms with E-state index in [1.807, 2.05) is 6.92 Å². The van der Waals surface area contributed by atoms with Crippen molar-refractivity contribution in [2.24, 2.45) is 0 Å². The van der Waals surface area contributed by atoms with Gasteiger partial charge in [0.15, 0.2) is 0 Å². The smallest absolute Gasteiger partial charge is 0.138 e. The third-order valence-electron chi connectivity index (χ3n) is 2.78. The molecule has 3 N–H and O–H groups in total. The second-order valence-electron chi connectivity index (χ2n) is 3.99. The number of hydrogen-bond acceptors (Lipinski definition) is 4. The number of anilines is 1. The second kappa shape index (κ2) is 5.14. The number of aromatic nitrogens is 3. The minimum Gasteiger partial charge on any atom is -0.398 e. The number of halogens is 1. The first-order chi connectivity index (χ1) is 8.61. The fourth-order valence-corrected chi connectivity index (χ4v) is 1.83. The first-order valence-electron chi connectivity index (χ1n) is 5.71. The van der Waals surface area contributed by atoms with Crippen molar-refractivity contribution in [2.75, 3.05) is 5.73 Å². The van der Waals surface area contributed by atoms with Crippen LogP contribution in [0.4, 0.5) is 10.1 Å². The van der Waals surface area contributed by atoms with Crippen molar-refractivity contribution in [3.63, 3.8) is 0 Å². The molecule has 2 rings (SSSR count). The number of aryl methyl sites for hydroxylation is 1. The van der Waals surface area contributed by atoms with Gasteiger partial charge in [0.2, 0.25) is 0 Å². The summed E-state index contributed by atoms with van der Waals surface area (Å²) in [6, 6.07) is 3.95. The minimum atomic E-state index is -0.893. The van der Waals surface area contributed by atoms with Crippen LogP contribution in [0.3, 0.4) is 0 Å². The van der Waals surface area contributed by atoms with Crippen LogP contribution in [0.2, 0.25) is 0 Å². The summed E-state index contributed by atoms with van der Waals surface area (Å²) in [4.78, 5) is 4.06. The third kappa shape index (κ3) is 2.48. The van der Waals surface area contributed by atoms with Crippen LogP contribution in [0, 0.1) is 5.82 Å². The fourth-order valence-electron chi connectivity index (χ4n) is 1.83. The molecule has 2 aromatic rings. The first kappa shape index (κ1) is 12.5. The van der Waals surface area contributed by atoms with Crippen LogP contribution in [0.25, 0.3) is 0 Å². The zero-order valence-electron chi connectivity index (χ0n) is 10.0. The molecule has 0 saturated carbocycles. The Kier molecular flexibility index (Phi) is 3.57. The molecule has 0 radical (unpaired) electrons. The highest BCUT2D eigenvalue weighted by Gasteiger charge is 2.15. The lowest BCUT2D eigenvalue weighted by molar-refractivity contribution is 0.174. The van der Waals surface area contributed by atoms with Gasteiger partial charge in [-0.2, -0.15) is 5.10 Å². The molecule has 96 valence electrons. The summed E-state index contributed by atoms with van der Waals surface area (Å²) < 4.78 is 14.8. The Hall–Kier alpha value is -1.95. The van der Waals surface area contributed by atoms with Gasteiger partial charge in [0.05, 0.1) is 6.10 Å². The number of benzene rings is 1. The fraction of sp³-hybridized carbons (Fsp3) is 0.333. The van der Waals surface area contributed by atoms with Crippen LogP contribution in [-0.2, 0) is 13.0 Å². The van der Waals surface area contributed by atoms with Crippen LogP contribution < -0.4 is 5.73 Å². The Bertz CT molecular complexity index is 541. The Morgan fingerprint density at radius 1 is 1.50 bits per heavy atom. The molecule has 0 fully saturated rings. The highest BCUT2D eigenvalue weighted by atomic mass is 19.1. The molecule has 0 aliphatic rings. The van der Waals surface area contributed by atoms with E-state index in [9.17, 15) is 9.50 Å². The topological polar surface area (TPSA) is 77.0 Å². The molecule has 6 heteroatoms. The van der Waals surface area contributed by atoms with Gasteiger partial charge in [0, 0.05) is 24.2 Å². The van der Waals surface area contributed by atoms with E-state index in [-0.39, 0.29) is 6.42 Å². The third-order valence-corrected chi connectivity index (χ3v) is 2.78. The van der Waals surface area contributed by atoms with E-state index in [1.54, 1.807) is 4.68 Å². The summed E-state index contributed by atoms with van der Waals surface area (Å²) in [5, 5.41) is 14.1. The van der Waals surface area contributed by atoms with Crippen molar-refractivity contribution in [2.45, 2.75) is 26.0 Å². The molecule has 0 aliphatic heterocycles. The molecular weight excluding hydrogens is 235 g/mol. The molecule has 0 amide bonds. The van der Waals surface area contributed by atoms with Gasteiger partial charge in [-0.1, -0.05) is 0 Å². The molecule has 0 saturated heterocycles. The Labute approximate surface area is 104 Å². The second-order valence-corrected chi connectivity index (χ2v) is 3.99. The van der Waals surface area contributed by atoms with Gasteiger partial charge in [-0.15, -0.1) is 0 Å². The SMILES string of the molecule is CCn1ncnc1CC(O)c1cc(F)ccc1N. The van der Waals surface area contributed by atoms with E-state index in [4.69, 9.17) is 5.73 Å². The number of nitrogens with two attached hydrogens (primary N) is 1. The largest absolute Gasteiger partial charge is 0.398 e. The van der Waals surface area contributed by atoms with Gasteiger partial charge in [-0.3, -0.25) is 4.68 Å². The van der Waals surface area contributed by atoms with Gasteiger partial charge in [-0.05, 0) is 25.1 Å². The van der Waals surface area contributed by atoms with E-state index in [2.05, 4.69) is 10.1 Å². The molecule has 0 aliphatic carbocycles. The van der Waals surface area contributed by atoms with Crippen LogP contribution in [-0.4, -0.2) is 19.9 Å². The lowest BCUT2D eigenvalue weighted by Gasteiger charge is -2.13. The highest BCUT2D eigenvalue weighted by molar-refractivity contribution is 5.48. The van der Waals surface area contributed by atoms with Crippen molar-refractivity contribution in [1.82, 2.24) is 14.8 Å². The molecule has 1 atom stereocenters. The molecule has 0 bridgehead atoms. The number of nitrogens with zero attached hydrogens (tertiary/aromatic N) is 3. The lowest BCUT2D eigenvalue weighted by Crippen LogP contribution is -2.11. The van der Waals surface area contributed by atoms with Crippen molar-refractivity contribution in [1.29, 1.82) is 0 Å². The molecule has 1 aromatic carbocycles. The van der Waals surface area contributed by atoms with Gasteiger partial charge in [0.1, 0.15) is 18.0 Å².